The second kappa shape index (κ2) is 5.49. The second-order valence-corrected chi connectivity index (χ2v) is 6.77. The van der Waals surface area contributed by atoms with E-state index in [0.717, 1.165) is 30.0 Å². The Morgan fingerprint density at radius 1 is 1.37 bits per heavy atom. The van der Waals surface area contributed by atoms with Crippen molar-refractivity contribution in [3.05, 3.63) is 23.4 Å². The summed E-state index contributed by atoms with van der Waals surface area (Å²) in [5.74, 6) is 1.44. The molecule has 3 heteroatoms. The van der Waals surface area contributed by atoms with Gasteiger partial charge in [-0.3, -0.25) is 0 Å². The zero-order valence-electron chi connectivity index (χ0n) is 12.6. The maximum Gasteiger partial charge on any atom is 0.218 e. The van der Waals surface area contributed by atoms with Gasteiger partial charge in [-0.2, -0.15) is 0 Å². The number of nitrogens with two attached hydrogens (primary N) is 1. The van der Waals surface area contributed by atoms with E-state index in [1.165, 1.54) is 6.42 Å². The maximum absolute atomic E-state index is 6.17. The van der Waals surface area contributed by atoms with Gasteiger partial charge in [0.15, 0.2) is 0 Å². The molecule has 0 amide bonds. The molecule has 1 fully saturated rings. The number of aryl methyl sites for hydroxylation is 1. The first-order chi connectivity index (χ1) is 8.89. The zero-order valence-corrected chi connectivity index (χ0v) is 12.6. The van der Waals surface area contributed by atoms with Gasteiger partial charge in [-0.25, -0.2) is 4.98 Å². The minimum atomic E-state index is 0.262. The van der Waals surface area contributed by atoms with Crippen LogP contribution in [0, 0.1) is 18.3 Å². The predicted octanol–water partition coefficient (Wildman–Crippen LogP) is 3.44. The SMILES string of the molecule is Cc1ccc(CN)c(OC2CC(C)CC(C)(C)C2)n1. The molecule has 2 rings (SSSR count). The molecule has 0 aromatic carbocycles. The highest BCUT2D eigenvalue weighted by atomic mass is 16.5. The first-order valence-electron chi connectivity index (χ1n) is 7.23. The lowest BCUT2D eigenvalue weighted by atomic mass is 9.71. The fourth-order valence-corrected chi connectivity index (χ4v) is 3.33. The van der Waals surface area contributed by atoms with E-state index >= 15 is 0 Å². The molecule has 1 aliphatic carbocycles. The predicted molar refractivity (Wildman–Crippen MR) is 78.1 cm³/mol. The Morgan fingerprint density at radius 2 is 2.11 bits per heavy atom. The lowest BCUT2D eigenvalue weighted by molar-refractivity contribution is 0.0525. The highest BCUT2D eigenvalue weighted by Gasteiger charge is 2.33. The lowest BCUT2D eigenvalue weighted by Gasteiger charge is -2.38. The summed E-state index contributed by atoms with van der Waals surface area (Å²) in [6.07, 6.45) is 3.75. The number of aromatic nitrogens is 1. The summed E-state index contributed by atoms with van der Waals surface area (Å²) in [6.45, 7) is 9.43. The standard InChI is InChI=1S/C16H26N2O/c1-11-7-14(9-16(3,4)8-11)19-15-13(10-17)6-5-12(2)18-15/h5-6,11,14H,7-10,17H2,1-4H3. The average molecular weight is 262 g/mol. The molecule has 0 radical (unpaired) electrons. The smallest absolute Gasteiger partial charge is 0.218 e. The monoisotopic (exact) mass is 262 g/mol. The van der Waals surface area contributed by atoms with Crippen molar-refractivity contribution in [1.82, 2.24) is 4.98 Å². The fraction of sp³-hybridized carbons (Fsp3) is 0.688. The molecule has 2 N–H and O–H groups in total. The van der Waals surface area contributed by atoms with Gasteiger partial charge in [0, 0.05) is 17.8 Å². The summed E-state index contributed by atoms with van der Waals surface area (Å²) < 4.78 is 6.17. The van der Waals surface area contributed by atoms with Gasteiger partial charge < -0.3 is 10.5 Å². The van der Waals surface area contributed by atoms with E-state index in [1.54, 1.807) is 0 Å². The topological polar surface area (TPSA) is 48.1 Å². The van der Waals surface area contributed by atoms with Crippen LogP contribution in [0.3, 0.4) is 0 Å². The third-order valence-corrected chi connectivity index (χ3v) is 3.92. The Morgan fingerprint density at radius 3 is 2.74 bits per heavy atom. The van der Waals surface area contributed by atoms with E-state index in [4.69, 9.17) is 10.5 Å². The molecule has 1 heterocycles. The van der Waals surface area contributed by atoms with Crippen molar-refractivity contribution in [1.29, 1.82) is 0 Å². The van der Waals surface area contributed by atoms with Crippen LogP contribution in [-0.4, -0.2) is 11.1 Å². The minimum absolute atomic E-state index is 0.262. The third kappa shape index (κ3) is 3.69. The van der Waals surface area contributed by atoms with Crippen molar-refractivity contribution in [2.24, 2.45) is 17.1 Å². The number of hydrogen-bond donors (Lipinski definition) is 1. The Bertz CT molecular complexity index is 442. The van der Waals surface area contributed by atoms with Crippen molar-refractivity contribution in [2.75, 3.05) is 0 Å². The van der Waals surface area contributed by atoms with Crippen LogP contribution >= 0.6 is 0 Å². The van der Waals surface area contributed by atoms with Gasteiger partial charge >= 0.3 is 0 Å². The van der Waals surface area contributed by atoms with Crippen molar-refractivity contribution < 1.29 is 4.74 Å². The highest BCUT2D eigenvalue weighted by molar-refractivity contribution is 5.28. The van der Waals surface area contributed by atoms with Gasteiger partial charge in [-0.15, -0.1) is 0 Å². The number of hydrogen-bond acceptors (Lipinski definition) is 3. The molecule has 19 heavy (non-hydrogen) atoms. The van der Waals surface area contributed by atoms with Crippen LogP contribution in [0.2, 0.25) is 0 Å². The van der Waals surface area contributed by atoms with Gasteiger partial charge in [-0.1, -0.05) is 26.8 Å². The molecule has 3 nitrogen and oxygen atoms in total. The summed E-state index contributed by atoms with van der Waals surface area (Å²) in [7, 11) is 0. The molecular weight excluding hydrogens is 236 g/mol. The summed E-state index contributed by atoms with van der Waals surface area (Å²) in [5, 5.41) is 0. The van der Waals surface area contributed by atoms with Crippen LogP contribution in [0.15, 0.2) is 12.1 Å². The zero-order chi connectivity index (χ0) is 14.0. The second-order valence-electron chi connectivity index (χ2n) is 6.77. The summed E-state index contributed by atoms with van der Waals surface area (Å²) in [5.41, 5.74) is 8.11. The minimum Gasteiger partial charge on any atom is -0.474 e. The Labute approximate surface area is 116 Å². The van der Waals surface area contributed by atoms with Crippen LogP contribution in [0.25, 0.3) is 0 Å². The molecule has 1 aromatic rings. The number of nitrogens with zero attached hydrogens (tertiary/aromatic N) is 1. The van der Waals surface area contributed by atoms with E-state index in [2.05, 4.69) is 25.8 Å². The first-order valence-corrected chi connectivity index (χ1v) is 7.23. The van der Waals surface area contributed by atoms with Crippen molar-refractivity contribution >= 4 is 0 Å². The van der Waals surface area contributed by atoms with E-state index in [1.807, 2.05) is 19.1 Å². The molecule has 1 aromatic heterocycles. The van der Waals surface area contributed by atoms with Gasteiger partial charge in [0.2, 0.25) is 5.88 Å². The van der Waals surface area contributed by atoms with Crippen molar-refractivity contribution in [2.45, 2.75) is 59.6 Å². The van der Waals surface area contributed by atoms with E-state index in [0.29, 0.717) is 17.9 Å². The van der Waals surface area contributed by atoms with Gasteiger partial charge in [0.25, 0.3) is 0 Å². The van der Waals surface area contributed by atoms with Gasteiger partial charge in [0.05, 0.1) is 0 Å². The third-order valence-electron chi connectivity index (χ3n) is 3.92. The largest absolute Gasteiger partial charge is 0.474 e. The number of pyridine rings is 1. The molecule has 0 aliphatic heterocycles. The fourth-order valence-electron chi connectivity index (χ4n) is 3.33. The molecular formula is C16H26N2O. The first kappa shape index (κ1) is 14.3. The normalized spacial score (nSPS) is 26.2. The molecule has 0 spiro atoms. The summed E-state index contributed by atoms with van der Waals surface area (Å²) in [6, 6.07) is 4.01. The molecule has 1 saturated carbocycles. The molecule has 1 aliphatic rings. The highest BCUT2D eigenvalue weighted by Crippen LogP contribution is 2.40. The van der Waals surface area contributed by atoms with E-state index in [-0.39, 0.29) is 6.10 Å². The number of ether oxygens (including phenoxy) is 1. The van der Waals surface area contributed by atoms with Crippen molar-refractivity contribution in [3.63, 3.8) is 0 Å². The summed E-state index contributed by atoms with van der Waals surface area (Å²) >= 11 is 0. The lowest BCUT2D eigenvalue weighted by Crippen LogP contribution is -2.34. The maximum atomic E-state index is 6.17. The van der Waals surface area contributed by atoms with Gasteiger partial charge in [-0.05, 0) is 43.6 Å². The van der Waals surface area contributed by atoms with Crippen molar-refractivity contribution in [3.8, 4) is 5.88 Å². The molecule has 0 bridgehead atoms. The number of rotatable bonds is 3. The van der Waals surface area contributed by atoms with E-state index in [9.17, 15) is 0 Å². The van der Waals surface area contributed by atoms with E-state index < -0.39 is 0 Å². The Kier molecular flexibility index (Phi) is 4.14. The molecule has 106 valence electrons. The molecule has 2 unspecified atom stereocenters. The van der Waals surface area contributed by atoms with Crippen LogP contribution in [-0.2, 0) is 6.54 Å². The molecule has 2 atom stereocenters. The van der Waals surface area contributed by atoms with Crippen LogP contribution < -0.4 is 10.5 Å². The van der Waals surface area contributed by atoms with Crippen LogP contribution in [0.1, 0.15) is 51.3 Å². The van der Waals surface area contributed by atoms with Crippen LogP contribution in [0.5, 0.6) is 5.88 Å². The summed E-state index contributed by atoms with van der Waals surface area (Å²) in [4.78, 5) is 4.51. The average Bonchev–Trinajstić information content (AvgIpc) is 2.26. The Hall–Kier alpha value is -1.09. The van der Waals surface area contributed by atoms with Gasteiger partial charge in [0.1, 0.15) is 6.10 Å². The quantitative estimate of drug-likeness (QED) is 0.907. The molecule has 0 saturated heterocycles. The Balaban J connectivity index is 2.14. The van der Waals surface area contributed by atoms with Crippen LogP contribution in [0.4, 0.5) is 0 Å².